The molecule has 1 amide bonds. The Balaban J connectivity index is 2.32. The molecule has 2 rings (SSSR count). The van der Waals surface area contributed by atoms with Crippen LogP contribution in [-0.2, 0) is 0 Å². The van der Waals surface area contributed by atoms with E-state index < -0.39 is 40.5 Å². The minimum Gasteiger partial charge on any atom is -0.505 e. The Morgan fingerprint density at radius 3 is 2.42 bits per heavy atom. The molecular weight excluding hydrogens is 261 g/mol. The van der Waals surface area contributed by atoms with E-state index in [2.05, 4.69) is 4.98 Å². The molecule has 2 N–H and O–H groups in total. The van der Waals surface area contributed by atoms with Gasteiger partial charge in [0.25, 0.3) is 5.91 Å². The van der Waals surface area contributed by atoms with E-state index in [-0.39, 0.29) is 0 Å². The lowest BCUT2D eigenvalue weighted by molar-refractivity contribution is 0.101. The third-order valence-corrected chi connectivity index (χ3v) is 2.25. The monoisotopic (exact) mass is 268 g/mol. The van der Waals surface area contributed by atoms with Crippen molar-refractivity contribution in [1.29, 1.82) is 0 Å². The highest BCUT2D eigenvalue weighted by Crippen LogP contribution is 2.22. The van der Waals surface area contributed by atoms with Crippen LogP contribution in [0, 0.1) is 17.5 Å². The third-order valence-electron chi connectivity index (χ3n) is 2.25. The highest BCUT2D eigenvalue weighted by molar-refractivity contribution is 6.04. The van der Waals surface area contributed by atoms with Crippen LogP contribution < -0.4 is 5.32 Å². The maximum absolute atomic E-state index is 13.3. The van der Waals surface area contributed by atoms with Crippen molar-refractivity contribution in [3.8, 4) is 5.75 Å². The lowest BCUT2D eigenvalue weighted by Gasteiger charge is -2.08. The topological polar surface area (TPSA) is 62.2 Å². The zero-order valence-electron chi connectivity index (χ0n) is 9.32. The van der Waals surface area contributed by atoms with Crippen LogP contribution in [0.15, 0.2) is 30.5 Å². The van der Waals surface area contributed by atoms with Crippen molar-refractivity contribution < 1.29 is 23.1 Å². The smallest absolute Gasteiger partial charge is 0.278 e. The van der Waals surface area contributed by atoms with E-state index in [1.807, 2.05) is 5.32 Å². The number of aromatic nitrogens is 1. The number of carbonyl (C=O) groups excluding carboxylic acids is 1. The molecule has 0 unspecified atom stereocenters. The zero-order valence-corrected chi connectivity index (χ0v) is 9.32. The van der Waals surface area contributed by atoms with E-state index in [0.29, 0.717) is 12.1 Å². The second-order valence-electron chi connectivity index (χ2n) is 3.57. The number of pyridine rings is 1. The molecule has 1 aromatic carbocycles. The van der Waals surface area contributed by atoms with Gasteiger partial charge in [0.1, 0.15) is 17.3 Å². The molecule has 0 aliphatic carbocycles. The Morgan fingerprint density at radius 1 is 1.21 bits per heavy atom. The molecule has 4 nitrogen and oxygen atoms in total. The molecule has 0 fully saturated rings. The summed E-state index contributed by atoms with van der Waals surface area (Å²) in [5.41, 5.74) is -1.21. The number of nitrogens with one attached hydrogen (secondary N) is 1. The fourth-order valence-corrected chi connectivity index (χ4v) is 1.41. The van der Waals surface area contributed by atoms with Crippen molar-refractivity contribution in [3.05, 3.63) is 53.6 Å². The van der Waals surface area contributed by atoms with Gasteiger partial charge >= 0.3 is 0 Å². The number of halogens is 3. The summed E-state index contributed by atoms with van der Waals surface area (Å²) in [4.78, 5) is 15.2. The number of hydrogen-bond donors (Lipinski definition) is 2. The highest BCUT2D eigenvalue weighted by Gasteiger charge is 2.18. The van der Waals surface area contributed by atoms with Gasteiger partial charge in [0.2, 0.25) is 0 Å². The molecule has 0 saturated heterocycles. The number of nitrogens with zero attached hydrogens (tertiary/aromatic N) is 1. The first kappa shape index (κ1) is 12.9. The molecule has 7 heteroatoms. The van der Waals surface area contributed by atoms with Gasteiger partial charge in [0.15, 0.2) is 17.3 Å². The first-order valence-electron chi connectivity index (χ1n) is 5.09. The van der Waals surface area contributed by atoms with Crippen molar-refractivity contribution in [1.82, 2.24) is 4.98 Å². The van der Waals surface area contributed by atoms with Crippen LogP contribution >= 0.6 is 0 Å². The summed E-state index contributed by atoms with van der Waals surface area (Å²) in [6, 6.07) is 3.43. The lowest BCUT2D eigenvalue weighted by atomic mass is 10.2. The summed E-state index contributed by atoms with van der Waals surface area (Å²) in [6.07, 6.45) is 1.23. The van der Waals surface area contributed by atoms with Crippen LogP contribution in [0.3, 0.4) is 0 Å². The summed E-state index contributed by atoms with van der Waals surface area (Å²) < 4.78 is 39.3. The molecule has 0 radical (unpaired) electrons. The molecule has 0 saturated carbocycles. The minimum atomic E-state index is -1.26. The molecule has 0 bridgehead atoms. The molecular formula is C12H7F3N2O2. The van der Waals surface area contributed by atoms with E-state index in [0.717, 1.165) is 0 Å². The SMILES string of the molecule is O=C(Nc1c(F)cc(F)cc1F)c1ncccc1O. The second-order valence-corrected chi connectivity index (χ2v) is 3.57. The molecule has 1 aromatic heterocycles. The number of hydrogen-bond acceptors (Lipinski definition) is 3. The number of rotatable bonds is 2. The van der Waals surface area contributed by atoms with Gasteiger partial charge in [0, 0.05) is 18.3 Å². The van der Waals surface area contributed by atoms with Crippen LogP contribution in [-0.4, -0.2) is 16.0 Å². The normalized spacial score (nSPS) is 10.3. The predicted octanol–water partition coefficient (Wildman–Crippen LogP) is 2.46. The maximum atomic E-state index is 13.3. The van der Waals surface area contributed by atoms with E-state index in [4.69, 9.17) is 0 Å². The number of carbonyl (C=O) groups is 1. The van der Waals surface area contributed by atoms with Gasteiger partial charge in [-0.3, -0.25) is 4.79 Å². The lowest BCUT2D eigenvalue weighted by Crippen LogP contribution is -2.16. The highest BCUT2D eigenvalue weighted by atomic mass is 19.1. The van der Waals surface area contributed by atoms with Crippen molar-refractivity contribution in [2.75, 3.05) is 5.32 Å². The largest absolute Gasteiger partial charge is 0.505 e. The third kappa shape index (κ3) is 2.65. The minimum absolute atomic E-state index is 0.398. The van der Waals surface area contributed by atoms with Crippen LogP contribution in [0.25, 0.3) is 0 Å². The van der Waals surface area contributed by atoms with Gasteiger partial charge < -0.3 is 10.4 Å². The van der Waals surface area contributed by atoms with Gasteiger partial charge in [-0.2, -0.15) is 0 Å². The average molecular weight is 268 g/mol. The number of anilines is 1. The summed E-state index contributed by atoms with van der Waals surface area (Å²) in [7, 11) is 0. The van der Waals surface area contributed by atoms with Gasteiger partial charge in [-0.1, -0.05) is 0 Å². The zero-order chi connectivity index (χ0) is 14.0. The van der Waals surface area contributed by atoms with Crippen LogP contribution in [0.2, 0.25) is 0 Å². The van der Waals surface area contributed by atoms with Crippen LogP contribution in [0.1, 0.15) is 10.5 Å². The summed E-state index contributed by atoms with van der Waals surface area (Å²) in [6.45, 7) is 0. The molecule has 19 heavy (non-hydrogen) atoms. The van der Waals surface area contributed by atoms with Gasteiger partial charge in [-0.05, 0) is 12.1 Å². The van der Waals surface area contributed by atoms with E-state index in [1.54, 1.807) is 0 Å². The van der Waals surface area contributed by atoms with Crippen molar-refractivity contribution in [2.24, 2.45) is 0 Å². The standard InChI is InChI=1S/C12H7F3N2O2/c13-6-4-7(14)10(8(15)5-6)17-12(19)11-9(18)2-1-3-16-11/h1-5,18H,(H,17,19). The van der Waals surface area contributed by atoms with Gasteiger partial charge in [-0.25, -0.2) is 18.2 Å². The van der Waals surface area contributed by atoms with Crippen LogP contribution in [0.4, 0.5) is 18.9 Å². The Hall–Kier alpha value is -2.57. The van der Waals surface area contributed by atoms with E-state index in [1.165, 1.54) is 18.3 Å². The van der Waals surface area contributed by atoms with Crippen molar-refractivity contribution in [3.63, 3.8) is 0 Å². The van der Waals surface area contributed by atoms with Crippen molar-refractivity contribution >= 4 is 11.6 Å². The first-order chi connectivity index (χ1) is 8.99. The Kier molecular flexibility index (Phi) is 3.37. The average Bonchev–Trinajstić information content (AvgIpc) is 2.34. The van der Waals surface area contributed by atoms with E-state index in [9.17, 15) is 23.1 Å². The summed E-state index contributed by atoms with van der Waals surface area (Å²) in [5.74, 6) is -5.08. The fourth-order valence-electron chi connectivity index (χ4n) is 1.41. The number of amides is 1. The Bertz CT molecular complexity index is 624. The molecule has 0 aliphatic heterocycles. The van der Waals surface area contributed by atoms with E-state index >= 15 is 0 Å². The Labute approximate surface area is 105 Å². The van der Waals surface area contributed by atoms with Crippen LogP contribution in [0.5, 0.6) is 5.75 Å². The molecule has 0 spiro atoms. The second kappa shape index (κ2) is 4.97. The molecule has 1 heterocycles. The first-order valence-corrected chi connectivity index (χ1v) is 5.09. The number of benzene rings is 1. The van der Waals surface area contributed by atoms with Crippen molar-refractivity contribution in [2.45, 2.75) is 0 Å². The molecule has 0 atom stereocenters. The summed E-state index contributed by atoms with van der Waals surface area (Å²) >= 11 is 0. The maximum Gasteiger partial charge on any atom is 0.278 e. The summed E-state index contributed by atoms with van der Waals surface area (Å²) in [5, 5.41) is 11.3. The number of aromatic hydroxyl groups is 1. The molecule has 0 aliphatic rings. The van der Waals surface area contributed by atoms with Gasteiger partial charge in [0.05, 0.1) is 0 Å². The Morgan fingerprint density at radius 2 is 1.84 bits per heavy atom. The quantitative estimate of drug-likeness (QED) is 0.879. The molecule has 2 aromatic rings. The molecule has 98 valence electrons. The fraction of sp³-hybridized carbons (Fsp3) is 0. The van der Waals surface area contributed by atoms with Gasteiger partial charge in [-0.15, -0.1) is 0 Å². The predicted molar refractivity (Wildman–Crippen MR) is 60.2 cm³/mol.